The summed E-state index contributed by atoms with van der Waals surface area (Å²) in [5.74, 6) is 2.39. The molecule has 0 fully saturated rings. The SMILES string of the molecule is CNC(=O)c1ccnc2c(CSCNC3=NCNC(c4ccc(O)cc4)=C3)cccc12. The molecule has 31 heavy (non-hydrogen) atoms. The topological polar surface area (TPSA) is 98.6 Å². The van der Waals surface area contributed by atoms with Gasteiger partial charge in [-0.25, -0.2) is 4.99 Å². The average molecular weight is 434 g/mol. The van der Waals surface area contributed by atoms with E-state index in [9.17, 15) is 9.90 Å². The normalized spacial score (nSPS) is 13.2. The minimum absolute atomic E-state index is 0.112. The lowest BCUT2D eigenvalue weighted by Crippen LogP contribution is -2.28. The number of phenols is 1. The largest absolute Gasteiger partial charge is 0.508 e. The fraction of sp³-hybridized carbons (Fsp3) is 0.174. The number of amidine groups is 1. The summed E-state index contributed by atoms with van der Waals surface area (Å²) in [5.41, 5.74) is 4.52. The highest BCUT2D eigenvalue weighted by Crippen LogP contribution is 2.24. The van der Waals surface area contributed by atoms with Crippen LogP contribution in [-0.2, 0) is 5.75 Å². The molecular weight excluding hydrogens is 410 g/mol. The molecule has 3 aromatic rings. The molecule has 8 heteroatoms. The predicted molar refractivity (Wildman–Crippen MR) is 126 cm³/mol. The Balaban J connectivity index is 1.39. The second-order valence-corrected chi connectivity index (χ2v) is 7.89. The highest BCUT2D eigenvalue weighted by Gasteiger charge is 2.12. The van der Waals surface area contributed by atoms with Gasteiger partial charge in [0.05, 0.1) is 17.0 Å². The monoisotopic (exact) mass is 433 g/mol. The fourth-order valence-corrected chi connectivity index (χ4v) is 4.15. The lowest BCUT2D eigenvalue weighted by atomic mass is 10.1. The van der Waals surface area contributed by atoms with Gasteiger partial charge in [0.1, 0.15) is 18.3 Å². The number of fused-ring (bicyclic) bond motifs is 1. The third-order valence-electron chi connectivity index (χ3n) is 4.92. The van der Waals surface area contributed by atoms with Crippen molar-refractivity contribution in [1.29, 1.82) is 0 Å². The molecule has 1 aliphatic rings. The van der Waals surface area contributed by atoms with Gasteiger partial charge >= 0.3 is 0 Å². The Kier molecular flexibility index (Phi) is 6.37. The van der Waals surface area contributed by atoms with Crippen LogP contribution >= 0.6 is 11.8 Å². The van der Waals surface area contributed by atoms with Crippen molar-refractivity contribution in [3.63, 3.8) is 0 Å². The molecule has 0 saturated heterocycles. The zero-order valence-electron chi connectivity index (χ0n) is 17.1. The van der Waals surface area contributed by atoms with Crippen molar-refractivity contribution >= 4 is 40.1 Å². The Morgan fingerprint density at radius 2 is 2.03 bits per heavy atom. The molecule has 1 amide bonds. The first-order valence-corrected chi connectivity index (χ1v) is 11.0. The lowest BCUT2D eigenvalue weighted by Gasteiger charge is -2.17. The van der Waals surface area contributed by atoms with E-state index in [1.165, 1.54) is 0 Å². The number of nitrogens with one attached hydrogen (secondary N) is 3. The van der Waals surface area contributed by atoms with E-state index in [0.29, 0.717) is 18.1 Å². The van der Waals surface area contributed by atoms with Gasteiger partial charge in [-0.1, -0.05) is 18.2 Å². The number of thioether (sulfide) groups is 1. The lowest BCUT2D eigenvalue weighted by molar-refractivity contribution is 0.0964. The van der Waals surface area contributed by atoms with E-state index in [0.717, 1.165) is 39.3 Å². The summed E-state index contributed by atoms with van der Waals surface area (Å²) in [6.07, 6.45) is 3.64. The predicted octanol–water partition coefficient (Wildman–Crippen LogP) is 3.08. The number of nitrogens with zero attached hydrogens (tertiary/aromatic N) is 2. The van der Waals surface area contributed by atoms with Crippen molar-refractivity contribution < 1.29 is 9.90 Å². The van der Waals surface area contributed by atoms with Gasteiger partial charge in [0, 0.05) is 36.2 Å². The van der Waals surface area contributed by atoms with Gasteiger partial charge in [-0.05, 0) is 41.5 Å². The van der Waals surface area contributed by atoms with Gasteiger partial charge in [-0.3, -0.25) is 9.78 Å². The van der Waals surface area contributed by atoms with Crippen LogP contribution in [0.3, 0.4) is 0 Å². The molecule has 0 spiro atoms. The van der Waals surface area contributed by atoms with Crippen molar-refractivity contribution in [1.82, 2.24) is 20.9 Å². The number of hydrogen-bond donors (Lipinski definition) is 4. The van der Waals surface area contributed by atoms with Crippen molar-refractivity contribution in [3.8, 4) is 5.75 Å². The molecule has 4 N–H and O–H groups in total. The summed E-state index contributed by atoms with van der Waals surface area (Å²) < 4.78 is 0. The molecule has 2 aromatic carbocycles. The number of amides is 1. The average Bonchev–Trinajstić information content (AvgIpc) is 2.81. The molecule has 0 unspecified atom stereocenters. The summed E-state index contributed by atoms with van der Waals surface area (Å²) in [6, 6.07) is 14.7. The molecule has 158 valence electrons. The first-order chi connectivity index (χ1) is 15.2. The molecule has 0 bridgehead atoms. The van der Waals surface area contributed by atoms with E-state index in [1.54, 1.807) is 43.2 Å². The number of rotatable bonds is 6. The highest BCUT2D eigenvalue weighted by atomic mass is 32.2. The Labute approximate surface area is 184 Å². The van der Waals surface area contributed by atoms with Crippen LogP contribution in [0.15, 0.2) is 65.8 Å². The summed E-state index contributed by atoms with van der Waals surface area (Å²) in [5, 5.41) is 19.6. The van der Waals surface area contributed by atoms with Crippen LogP contribution in [-0.4, -0.2) is 41.4 Å². The van der Waals surface area contributed by atoms with Crippen LogP contribution in [0.5, 0.6) is 5.75 Å². The first-order valence-electron chi connectivity index (χ1n) is 9.85. The smallest absolute Gasteiger partial charge is 0.251 e. The molecule has 0 atom stereocenters. The van der Waals surface area contributed by atoms with Gasteiger partial charge < -0.3 is 21.1 Å². The molecule has 7 nitrogen and oxygen atoms in total. The molecular formula is C23H23N5O2S. The molecule has 2 heterocycles. The summed E-state index contributed by atoms with van der Waals surface area (Å²) in [6.45, 7) is 0.495. The molecule has 0 saturated carbocycles. The zero-order chi connectivity index (χ0) is 21.6. The molecule has 0 radical (unpaired) electrons. The highest BCUT2D eigenvalue weighted by molar-refractivity contribution is 7.98. The van der Waals surface area contributed by atoms with Crippen LogP contribution in [0.1, 0.15) is 21.5 Å². The number of carbonyl (C=O) groups excluding carboxylic acids is 1. The molecule has 1 aliphatic heterocycles. The minimum atomic E-state index is -0.112. The zero-order valence-corrected chi connectivity index (χ0v) is 17.9. The number of hydrogen-bond acceptors (Lipinski definition) is 7. The maximum absolute atomic E-state index is 12.1. The van der Waals surface area contributed by atoms with E-state index < -0.39 is 0 Å². The minimum Gasteiger partial charge on any atom is -0.508 e. The van der Waals surface area contributed by atoms with E-state index in [2.05, 4.69) is 25.9 Å². The number of aromatic hydroxyl groups is 1. The van der Waals surface area contributed by atoms with Gasteiger partial charge in [0.15, 0.2) is 0 Å². The molecule has 4 rings (SSSR count). The Morgan fingerprint density at radius 3 is 2.84 bits per heavy atom. The Bertz CT molecular complexity index is 1160. The molecule has 1 aromatic heterocycles. The van der Waals surface area contributed by atoms with Crippen molar-refractivity contribution in [2.24, 2.45) is 4.99 Å². The summed E-state index contributed by atoms with van der Waals surface area (Å²) >= 11 is 1.72. The number of aliphatic imine (C=N–C) groups is 1. The number of carbonyl (C=O) groups is 1. The maximum Gasteiger partial charge on any atom is 0.251 e. The third-order valence-corrected chi connectivity index (χ3v) is 5.78. The summed E-state index contributed by atoms with van der Waals surface area (Å²) in [4.78, 5) is 21.1. The second kappa shape index (κ2) is 9.53. The number of aromatic nitrogens is 1. The van der Waals surface area contributed by atoms with Gasteiger partial charge in [-0.15, -0.1) is 11.8 Å². The van der Waals surface area contributed by atoms with Crippen LogP contribution in [0, 0.1) is 0 Å². The van der Waals surface area contributed by atoms with Crippen LogP contribution in [0.25, 0.3) is 16.6 Å². The van der Waals surface area contributed by atoms with Gasteiger partial charge in [0.2, 0.25) is 0 Å². The number of phenolic OH excluding ortho intramolecular Hbond substituents is 1. The Hall–Kier alpha value is -3.52. The van der Waals surface area contributed by atoms with E-state index in [1.807, 2.05) is 36.4 Å². The van der Waals surface area contributed by atoms with Crippen LogP contribution in [0.4, 0.5) is 0 Å². The quantitative estimate of drug-likeness (QED) is 0.352. The Morgan fingerprint density at radius 1 is 1.19 bits per heavy atom. The van der Waals surface area contributed by atoms with Crippen LogP contribution in [0.2, 0.25) is 0 Å². The van der Waals surface area contributed by atoms with E-state index >= 15 is 0 Å². The van der Waals surface area contributed by atoms with Crippen molar-refractivity contribution in [2.75, 3.05) is 19.6 Å². The van der Waals surface area contributed by atoms with Crippen molar-refractivity contribution in [3.05, 3.63) is 77.5 Å². The number of benzene rings is 2. The van der Waals surface area contributed by atoms with Gasteiger partial charge in [0.25, 0.3) is 5.91 Å². The second-order valence-electron chi connectivity index (χ2n) is 6.90. The summed E-state index contributed by atoms with van der Waals surface area (Å²) in [7, 11) is 1.63. The van der Waals surface area contributed by atoms with Gasteiger partial charge in [-0.2, -0.15) is 0 Å². The van der Waals surface area contributed by atoms with E-state index in [4.69, 9.17) is 0 Å². The number of pyridine rings is 1. The van der Waals surface area contributed by atoms with E-state index in [-0.39, 0.29) is 11.7 Å². The van der Waals surface area contributed by atoms with Crippen LogP contribution < -0.4 is 16.0 Å². The third kappa shape index (κ3) is 4.80. The fourth-order valence-electron chi connectivity index (χ4n) is 3.35. The molecule has 0 aliphatic carbocycles. The number of para-hydroxylation sites is 1. The standard InChI is InChI=1S/C23H23N5O2S/c1-24-23(30)19-9-10-25-22-16(3-2-4-18(19)22)12-31-14-28-21-11-20(26-13-27-21)15-5-7-17(29)8-6-15/h2-11,26,29H,12-14H2,1H3,(H,24,30)(H,27,28). The maximum atomic E-state index is 12.1. The first kappa shape index (κ1) is 20.7. The van der Waals surface area contributed by atoms with Crippen molar-refractivity contribution in [2.45, 2.75) is 5.75 Å².